The van der Waals surface area contributed by atoms with Gasteiger partial charge in [-0.05, 0) is 25.0 Å². The van der Waals surface area contributed by atoms with Gasteiger partial charge in [-0.25, -0.2) is 4.79 Å². The number of nitrogens with one attached hydrogen (secondary N) is 2. The summed E-state index contributed by atoms with van der Waals surface area (Å²) >= 11 is 7.91. The molecule has 2 aromatic rings. The van der Waals surface area contributed by atoms with Crippen molar-refractivity contribution in [2.24, 2.45) is 0 Å². The molecule has 0 saturated carbocycles. The Hall–Kier alpha value is -2.65. The van der Waals surface area contributed by atoms with Crippen LogP contribution in [-0.4, -0.2) is 36.8 Å². The standard InChI is InChI=1S/C19H18ClN3O5S/c1-2-26-19(25)23-4-3-9-14(7-23)29-18-15(9)17(24)21-16(22-18)10-5-12-13(6-11(10)20)28-8-27-12/h5-6,16,22H,2-4,7-8H2,1H3,(H,21,24). The van der Waals surface area contributed by atoms with Crippen LogP contribution in [0.2, 0.25) is 5.02 Å². The molecule has 2 N–H and O–H groups in total. The van der Waals surface area contributed by atoms with Crippen LogP contribution in [0, 0.1) is 0 Å². The first kappa shape index (κ1) is 18.4. The van der Waals surface area contributed by atoms with Gasteiger partial charge in [-0.1, -0.05) is 11.6 Å². The highest BCUT2D eigenvalue weighted by molar-refractivity contribution is 7.16. The van der Waals surface area contributed by atoms with Crippen molar-refractivity contribution in [3.63, 3.8) is 0 Å². The van der Waals surface area contributed by atoms with Crippen LogP contribution in [0.4, 0.5) is 9.80 Å². The molecule has 1 atom stereocenters. The zero-order valence-electron chi connectivity index (χ0n) is 15.5. The number of rotatable bonds is 2. The minimum atomic E-state index is -0.488. The van der Waals surface area contributed by atoms with E-state index in [4.69, 9.17) is 25.8 Å². The van der Waals surface area contributed by atoms with E-state index < -0.39 is 6.17 Å². The first-order chi connectivity index (χ1) is 14.0. The number of fused-ring (bicyclic) bond motifs is 4. The molecule has 2 amide bonds. The summed E-state index contributed by atoms with van der Waals surface area (Å²) in [5.74, 6) is 1.04. The second-order valence-corrected chi connectivity index (χ2v) is 8.37. The van der Waals surface area contributed by atoms with Gasteiger partial charge in [-0.3, -0.25) is 4.79 Å². The van der Waals surface area contributed by atoms with Crippen molar-refractivity contribution in [2.75, 3.05) is 25.3 Å². The Bertz CT molecular complexity index is 1020. The quantitative estimate of drug-likeness (QED) is 0.750. The number of carbonyl (C=O) groups is 2. The highest BCUT2D eigenvalue weighted by atomic mass is 35.5. The van der Waals surface area contributed by atoms with E-state index in [0.717, 1.165) is 15.4 Å². The molecule has 0 bridgehead atoms. The number of nitrogens with zero attached hydrogens (tertiary/aromatic N) is 1. The first-order valence-electron chi connectivity index (χ1n) is 9.27. The SMILES string of the molecule is CCOC(=O)N1CCc2c(sc3c2C(=O)NC(c2cc4c(cc2Cl)OCO4)N3)C1. The van der Waals surface area contributed by atoms with Gasteiger partial charge in [0.15, 0.2) is 11.5 Å². The summed E-state index contributed by atoms with van der Waals surface area (Å²) in [5.41, 5.74) is 2.35. The normalized spacial score (nSPS) is 19.2. The van der Waals surface area contributed by atoms with Crippen LogP contribution in [0.1, 0.15) is 39.5 Å². The average Bonchev–Trinajstić information content (AvgIpc) is 3.30. The molecule has 0 aliphatic carbocycles. The van der Waals surface area contributed by atoms with Gasteiger partial charge in [0.1, 0.15) is 11.2 Å². The van der Waals surface area contributed by atoms with Crippen LogP contribution in [0.25, 0.3) is 0 Å². The highest BCUT2D eigenvalue weighted by Gasteiger charge is 2.35. The monoisotopic (exact) mass is 435 g/mol. The van der Waals surface area contributed by atoms with Crippen LogP contribution in [0.5, 0.6) is 11.5 Å². The number of carbonyl (C=O) groups excluding carboxylic acids is 2. The van der Waals surface area contributed by atoms with Crippen molar-refractivity contribution in [1.82, 2.24) is 10.2 Å². The average molecular weight is 436 g/mol. The number of halogens is 1. The summed E-state index contributed by atoms with van der Waals surface area (Å²) in [5, 5.41) is 7.61. The van der Waals surface area contributed by atoms with Gasteiger partial charge >= 0.3 is 6.09 Å². The summed E-state index contributed by atoms with van der Waals surface area (Å²) in [7, 11) is 0. The van der Waals surface area contributed by atoms with Crippen molar-refractivity contribution >= 4 is 39.9 Å². The molecule has 5 rings (SSSR count). The molecule has 0 fully saturated rings. The molecule has 1 unspecified atom stereocenters. The van der Waals surface area contributed by atoms with E-state index in [9.17, 15) is 9.59 Å². The van der Waals surface area contributed by atoms with Crippen molar-refractivity contribution in [2.45, 2.75) is 26.1 Å². The fourth-order valence-corrected chi connectivity index (χ4v) is 5.35. The van der Waals surface area contributed by atoms with Gasteiger partial charge < -0.3 is 29.7 Å². The van der Waals surface area contributed by atoms with Crippen LogP contribution in [0.3, 0.4) is 0 Å². The van der Waals surface area contributed by atoms with Crippen molar-refractivity contribution in [3.05, 3.63) is 38.7 Å². The van der Waals surface area contributed by atoms with E-state index in [-0.39, 0.29) is 18.8 Å². The van der Waals surface area contributed by atoms with Gasteiger partial charge in [0.25, 0.3) is 5.91 Å². The molecule has 1 aromatic heterocycles. The van der Waals surface area contributed by atoms with Gasteiger partial charge in [0.2, 0.25) is 6.79 Å². The summed E-state index contributed by atoms with van der Waals surface area (Å²) in [6.07, 6.45) is -0.199. The molecule has 3 aliphatic heterocycles. The zero-order chi connectivity index (χ0) is 20.1. The third-order valence-corrected chi connectivity index (χ3v) is 6.64. The molecular formula is C19H18ClN3O5S. The summed E-state index contributed by atoms with van der Waals surface area (Å²) in [6, 6.07) is 3.48. The van der Waals surface area contributed by atoms with Gasteiger partial charge in [-0.2, -0.15) is 0 Å². The summed E-state index contributed by atoms with van der Waals surface area (Å²) in [4.78, 5) is 27.6. The van der Waals surface area contributed by atoms with Crippen molar-refractivity contribution in [3.8, 4) is 11.5 Å². The lowest BCUT2D eigenvalue weighted by Crippen LogP contribution is -2.39. The van der Waals surface area contributed by atoms with E-state index in [1.807, 2.05) is 0 Å². The molecule has 0 saturated heterocycles. The Morgan fingerprint density at radius 2 is 2.14 bits per heavy atom. The van der Waals surface area contributed by atoms with Crippen molar-refractivity contribution in [1.29, 1.82) is 0 Å². The van der Waals surface area contributed by atoms with E-state index in [2.05, 4.69) is 10.6 Å². The summed E-state index contributed by atoms with van der Waals surface area (Å²) in [6.45, 7) is 3.24. The zero-order valence-corrected chi connectivity index (χ0v) is 17.1. The second kappa shape index (κ2) is 7.00. The predicted octanol–water partition coefficient (Wildman–Crippen LogP) is 3.50. The van der Waals surface area contributed by atoms with Gasteiger partial charge in [-0.15, -0.1) is 11.3 Å². The highest BCUT2D eigenvalue weighted by Crippen LogP contribution is 2.44. The van der Waals surface area contributed by atoms with Gasteiger partial charge in [0.05, 0.1) is 23.7 Å². The first-order valence-corrected chi connectivity index (χ1v) is 10.5. The largest absolute Gasteiger partial charge is 0.454 e. The number of anilines is 1. The molecule has 4 heterocycles. The third-order valence-electron chi connectivity index (χ3n) is 5.16. The number of hydrogen-bond donors (Lipinski definition) is 2. The molecule has 0 radical (unpaired) electrons. The van der Waals surface area contributed by atoms with E-state index in [0.29, 0.717) is 53.8 Å². The lowest BCUT2D eigenvalue weighted by molar-refractivity contribution is 0.0934. The molecule has 8 nitrogen and oxygen atoms in total. The van der Waals surface area contributed by atoms with E-state index in [1.54, 1.807) is 24.0 Å². The van der Waals surface area contributed by atoms with Gasteiger partial charge in [0, 0.05) is 23.1 Å². The Kier molecular flexibility index (Phi) is 4.44. The van der Waals surface area contributed by atoms with Crippen LogP contribution < -0.4 is 20.1 Å². The fourth-order valence-electron chi connectivity index (χ4n) is 3.80. The topological polar surface area (TPSA) is 89.1 Å². The number of amides is 2. The fraction of sp³-hybridized carbons (Fsp3) is 0.368. The molecular weight excluding hydrogens is 418 g/mol. The maximum atomic E-state index is 12.9. The Morgan fingerprint density at radius 3 is 2.93 bits per heavy atom. The molecule has 0 spiro atoms. The molecule has 29 heavy (non-hydrogen) atoms. The summed E-state index contributed by atoms with van der Waals surface area (Å²) < 4.78 is 15.9. The minimum Gasteiger partial charge on any atom is -0.454 e. The third kappa shape index (κ3) is 3.05. The van der Waals surface area contributed by atoms with Crippen LogP contribution >= 0.6 is 22.9 Å². The molecule has 152 valence electrons. The minimum absolute atomic E-state index is 0.151. The Labute approximate surface area is 175 Å². The second-order valence-electron chi connectivity index (χ2n) is 6.86. The predicted molar refractivity (Wildman–Crippen MR) is 107 cm³/mol. The lowest BCUT2D eigenvalue weighted by atomic mass is 10.0. The number of hydrogen-bond acceptors (Lipinski definition) is 7. The van der Waals surface area contributed by atoms with Crippen LogP contribution in [0.15, 0.2) is 12.1 Å². The number of thiophene rings is 1. The van der Waals surface area contributed by atoms with Crippen molar-refractivity contribution < 1.29 is 23.8 Å². The lowest BCUT2D eigenvalue weighted by Gasteiger charge is -2.28. The maximum Gasteiger partial charge on any atom is 0.410 e. The molecule has 1 aromatic carbocycles. The van der Waals surface area contributed by atoms with E-state index >= 15 is 0 Å². The van der Waals surface area contributed by atoms with Crippen LogP contribution in [-0.2, 0) is 17.7 Å². The smallest absolute Gasteiger partial charge is 0.410 e. The molecule has 3 aliphatic rings. The maximum absolute atomic E-state index is 12.9. The molecule has 10 heteroatoms. The Morgan fingerprint density at radius 1 is 1.34 bits per heavy atom. The number of benzene rings is 1. The Balaban J connectivity index is 1.44. The van der Waals surface area contributed by atoms with E-state index in [1.165, 1.54) is 11.3 Å². The number of ether oxygens (including phenoxy) is 3.